The van der Waals surface area contributed by atoms with Crippen molar-refractivity contribution in [3.05, 3.63) is 33.8 Å². The van der Waals surface area contributed by atoms with Crippen molar-refractivity contribution in [3.8, 4) is 12.3 Å². The average molecular weight is 280 g/mol. The smallest absolute Gasteiger partial charge is 0.0433 e. The van der Waals surface area contributed by atoms with Crippen molar-refractivity contribution >= 4 is 15.9 Å². The molecule has 16 heavy (non-hydrogen) atoms. The normalized spacial score (nSPS) is 12.1. The maximum absolute atomic E-state index is 5.42. The Labute approximate surface area is 107 Å². The summed E-state index contributed by atoms with van der Waals surface area (Å²) in [6, 6.07) is 6.62. The van der Waals surface area contributed by atoms with Gasteiger partial charge in [0.2, 0.25) is 0 Å². The highest BCUT2D eigenvalue weighted by Crippen LogP contribution is 2.23. The highest BCUT2D eigenvalue weighted by molar-refractivity contribution is 9.10. The molecule has 0 bridgehead atoms. The second-order valence-corrected chi connectivity index (χ2v) is 4.83. The number of rotatable bonds is 5. The highest BCUT2D eigenvalue weighted by atomic mass is 79.9. The van der Waals surface area contributed by atoms with Crippen LogP contribution in [0.1, 0.15) is 36.9 Å². The minimum absolute atomic E-state index is 0.276. The van der Waals surface area contributed by atoms with Crippen LogP contribution in [0.3, 0.4) is 0 Å². The van der Waals surface area contributed by atoms with Gasteiger partial charge in [0.05, 0.1) is 0 Å². The van der Waals surface area contributed by atoms with E-state index < -0.39 is 0 Å². The van der Waals surface area contributed by atoms with E-state index in [1.54, 1.807) is 0 Å². The van der Waals surface area contributed by atoms with Crippen LogP contribution in [0.2, 0.25) is 0 Å². The minimum atomic E-state index is 0.276. The van der Waals surface area contributed by atoms with Gasteiger partial charge in [-0.05, 0) is 43.1 Å². The molecule has 86 valence electrons. The zero-order chi connectivity index (χ0) is 12.0. The van der Waals surface area contributed by atoms with Crippen LogP contribution < -0.4 is 5.32 Å². The SMILES string of the molecule is C#CCC(NCCC)c1ccc(Br)cc1C. The number of terminal acetylenes is 1. The van der Waals surface area contributed by atoms with Crippen molar-refractivity contribution in [2.24, 2.45) is 0 Å². The average Bonchev–Trinajstić information content (AvgIpc) is 2.25. The summed E-state index contributed by atoms with van der Waals surface area (Å²) < 4.78 is 1.11. The van der Waals surface area contributed by atoms with Crippen molar-refractivity contribution in [1.29, 1.82) is 0 Å². The van der Waals surface area contributed by atoms with Crippen molar-refractivity contribution in [1.82, 2.24) is 5.32 Å². The van der Waals surface area contributed by atoms with E-state index in [4.69, 9.17) is 6.42 Å². The van der Waals surface area contributed by atoms with Crippen LogP contribution in [0.4, 0.5) is 0 Å². The van der Waals surface area contributed by atoms with Crippen molar-refractivity contribution < 1.29 is 0 Å². The van der Waals surface area contributed by atoms with E-state index in [1.165, 1.54) is 11.1 Å². The topological polar surface area (TPSA) is 12.0 Å². The van der Waals surface area contributed by atoms with Crippen LogP contribution >= 0.6 is 15.9 Å². The molecule has 0 saturated carbocycles. The molecular weight excluding hydrogens is 262 g/mol. The van der Waals surface area contributed by atoms with Gasteiger partial charge >= 0.3 is 0 Å². The van der Waals surface area contributed by atoms with Gasteiger partial charge in [0, 0.05) is 16.9 Å². The first-order chi connectivity index (χ1) is 7.69. The molecule has 0 aliphatic rings. The first-order valence-electron chi connectivity index (χ1n) is 5.62. The Bertz CT molecular complexity index is 379. The number of benzene rings is 1. The van der Waals surface area contributed by atoms with Gasteiger partial charge in [-0.15, -0.1) is 12.3 Å². The Morgan fingerprint density at radius 1 is 1.50 bits per heavy atom. The standard InChI is InChI=1S/C14H18BrN/c1-4-6-14(16-9-5-2)13-8-7-12(15)10-11(13)3/h1,7-8,10,14,16H,5-6,9H2,2-3H3. The largest absolute Gasteiger partial charge is 0.309 e. The fourth-order valence-corrected chi connectivity index (χ4v) is 2.23. The molecule has 1 nitrogen and oxygen atoms in total. The molecule has 1 aromatic carbocycles. The maximum Gasteiger partial charge on any atom is 0.0433 e. The summed E-state index contributed by atoms with van der Waals surface area (Å²) in [6.07, 6.45) is 7.28. The van der Waals surface area contributed by atoms with Gasteiger partial charge in [0.25, 0.3) is 0 Å². The lowest BCUT2D eigenvalue weighted by Crippen LogP contribution is -2.22. The summed E-state index contributed by atoms with van der Waals surface area (Å²) in [4.78, 5) is 0. The maximum atomic E-state index is 5.42. The van der Waals surface area contributed by atoms with Crippen LogP contribution in [0.5, 0.6) is 0 Å². The van der Waals surface area contributed by atoms with E-state index in [1.807, 2.05) is 0 Å². The summed E-state index contributed by atoms with van der Waals surface area (Å²) >= 11 is 3.48. The Hall–Kier alpha value is -0.780. The first-order valence-corrected chi connectivity index (χ1v) is 6.41. The Balaban J connectivity index is 2.88. The molecule has 1 aromatic rings. The molecule has 1 unspecified atom stereocenters. The molecule has 0 radical (unpaired) electrons. The molecule has 1 N–H and O–H groups in total. The van der Waals surface area contributed by atoms with Crippen molar-refractivity contribution in [2.75, 3.05) is 6.54 Å². The molecule has 0 amide bonds. The summed E-state index contributed by atoms with van der Waals surface area (Å²) in [5, 5.41) is 3.49. The second-order valence-electron chi connectivity index (χ2n) is 3.92. The van der Waals surface area contributed by atoms with Gasteiger partial charge in [-0.2, -0.15) is 0 Å². The Morgan fingerprint density at radius 2 is 2.25 bits per heavy atom. The molecule has 0 saturated heterocycles. The predicted octanol–water partition coefficient (Wildman–Crippen LogP) is 3.82. The van der Waals surface area contributed by atoms with E-state index in [9.17, 15) is 0 Å². The molecule has 0 aliphatic heterocycles. The molecule has 0 aliphatic carbocycles. The number of halogens is 1. The number of aryl methyl sites for hydroxylation is 1. The molecular formula is C14H18BrN. The fourth-order valence-electron chi connectivity index (χ4n) is 1.76. The lowest BCUT2D eigenvalue weighted by atomic mass is 9.99. The Kier molecular flexibility index (Phi) is 5.59. The van der Waals surface area contributed by atoms with Gasteiger partial charge in [-0.25, -0.2) is 0 Å². The number of hydrogen-bond donors (Lipinski definition) is 1. The monoisotopic (exact) mass is 279 g/mol. The number of nitrogens with one attached hydrogen (secondary N) is 1. The third-order valence-electron chi connectivity index (χ3n) is 2.57. The van der Waals surface area contributed by atoms with Crippen LogP contribution in [0, 0.1) is 19.3 Å². The Morgan fingerprint density at radius 3 is 2.81 bits per heavy atom. The summed E-state index contributed by atoms with van der Waals surface area (Å²) in [5.74, 6) is 2.74. The zero-order valence-corrected chi connectivity index (χ0v) is 11.5. The highest BCUT2D eigenvalue weighted by Gasteiger charge is 2.11. The van der Waals surface area contributed by atoms with E-state index >= 15 is 0 Å². The van der Waals surface area contributed by atoms with Crippen LogP contribution in [-0.4, -0.2) is 6.54 Å². The summed E-state index contributed by atoms with van der Waals surface area (Å²) in [5.41, 5.74) is 2.58. The minimum Gasteiger partial charge on any atom is -0.309 e. The van der Waals surface area contributed by atoms with Gasteiger partial charge in [-0.1, -0.05) is 28.9 Å². The molecule has 1 atom stereocenters. The lowest BCUT2D eigenvalue weighted by Gasteiger charge is -2.18. The molecule has 0 spiro atoms. The van der Waals surface area contributed by atoms with Crippen molar-refractivity contribution in [2.45, 2.75) is 32.7 Å². The van der Waals surface area contributed by atoms with Gasteiger partial charge in [-0.3, -0.25) is 0 Å². The number of hydrogen-bond acceptors (Lipinski definition) is 1. The van der Waals surface area contributed by atoms with E-state index in [-0.39, 0.29) is 6.04 Å². The molecule has 0 heterocycles. The van der Waals surface area contributed by atoms with Crippen LogP contribution in [-0.2, 0) is 0 Å². The molecule has 0 fully saturated rings. The van der Waals surface area contributed by atoms with E-state index in [0.717, 1.165) is 23.9 Å². The molecule has 2 heteroatoms. The van der Waals surface area contributed by atoms with Gasteiger partial charge in [0.15, 0.2) is 0 Å². The van der Waals surface area contributed by atoms with Crippen LogP contribution in [0.15, 0.2) is 22.7 Å². The van der Waals surface area contributed by atoms with Gasteiger partial charge < -0.3 is 5.32 Å². The zero-order valence-electron chi connectivity index (χ0n) is 9.89. The van der Waals surface area contributed by atoms with E-state index in [2.05, 4.69) is 59.2 Å². The summed E-state index contributed by atoms with van der Waals surface area (Å²) in [7, 11) is 0. The quantitative estimate of drug-likeness (QED) is 0.808. The second kappa shape index (κ2) is 6.73. The molecule has 1 rings (SSSR count). The van der Waals surface area contributed by atoms with Crippen molar-refractivity contribution in [3.63, 3.8) is 0 Å². The third-order valence-corrected chi connectivity index (χ3v) is 3.06. The lowest BCUT2D eigenvalue weighted by molar-refractivity contribution is 0.540. The van der Waals surface area contributed by atoms with Crippen LogP contribution in [0.25, 0.3) is 0 Å². The van der Waals surface area contributed by atoms with E-state index in [0.29, 0.717) is 0 Å². The summed E-state index contributed by atoms with van der Waals surface area (Å²) in [6.45, 7) is 5.29. The first kappa shape index (κ1) is 13.3. The van der Waals surface area contributed by atoms with Gasteiger partial charge in [0.1, 0.15) is 0 Å². The molecule has 0 aromatic heterocycles. The third kappa shape index (κ3) is 3.66. The fraction of sp³-hybridized carbons (Fsp3) is 0.429. The predicted molar refractivity (Wildman–Crippen MR) is 73.4 cm³/mol.